The van der Waals surface area contributed by atoms with Crippen molar-refractivity contribution >= 4 is 0 Å². The second-order valence-electron chi connectivity index (χ2n) is 4.29. The first kappa shape index (κ1) is 13.5. The van der Waals surface area contributed by atoms with Crippen LogP contribution in [0.1, 0.15) is 17.1 Å². The highest BCUT2D eigenvalue weighted by Crippen LogP contribution is 2.24. The smallest absolute Gasteiger partial charge is 0.127 e. The van der Waals surface area contributed by atoms with Gasteiger partial charge in [0.15, 0.2) is 0 Å². The lowest BCUT2D eigenvalue weighted by molar-refractivity contribution is 0.389. The number of methoxy groups -OCH3 is 2. The van der Waals surface area contributed by atoms with Gasteiger partial charge in [0.2, 0.25) is 0 Å². The van der Waals surface area contributed by atoms with Crippen molar-refractivity contribution in [2.24, 2.45) is 0 Å². The Bertz CT molecular complexity index is 534. The molecule has 0 fully saturated rings. The van der Waals surface area contributed by atoms with E-state index in [0.717, 1.165) is 28.6 Å². The molecule has 19 heavy (non-hydrogen) atoms. The van der Waals surface area contributed by atoms with E-state index in [1.54, 1.807) is 14.2 Å². The highest BCUT2D eigenvalue weighted by molar-refractivity contribution is 5.40. The van der Waals surface area contributed by atoms with Gasteiger partial charge in [-0.2, -0.15) is 0 Å². The van der Waals surface area contributed by atoms with Crippen LogP contribution in [0.3, 0.4) is 0 Å². The minimum atomic E-state index is 0.697. The number of ether oxygens (including phenoxy) is 2. The normalized spacial score (nSPS) is 10.5. The molecule has 4 heteroatoms. The van der Waals surface area contributed by atoms with Gasteiger partial charge in [0.25, 0.3) is 0 Å². The third-order valence-corrected chi connectivity index (χ3v) is 2.90. The Morgan fingerprint density at radius 3 is 2.53 bits per heavy atom. The molecule has 102 valence electrons. The summed E-state index contributed by atoms with van der Waals surface area (Å²) in [4.78, 5) is 0. The monoisotopic (exact) mass is 261 g/mol. The van der Waals surface area contributed by atoms with Crippen LogP contribution >= 0.6 is 0 Å². The zero-order valence-electron chi connectivity index (χ0n) is 11.5. The Morgan fingerprint density at radius 1 is 1.05 bits per heavy atom. The molecule has 0 saturated heterocycles. The van der Waals surface area contributed by atoms with Crippen LogP contribution in [0.25, 0.3) is 0 Å². The standard InChI is InChI=1S/C15H19NO3/c1-11-4-6-14(19-11)10-16-9-12-5-7-13(17-2)8-15(12)18-3/h4-8,16H,9-10H2,1-3H3. The van der Waals surface area contributed by atoms with Crippen LogP contribution in [0.5, 0.6) is 11.5 Å². The summed E-state index contributed by atoms with van der Waals surface area (Å²) in [5.74, 6) is 3.48. The first-order valence-electron chi connectivity index (χ1n) is 6.20. The van der Waals surface area contributed by atoms with Crippen molar-refractivity contribution < 1.29 is 13.9 Å². The summed E-state index contributed by atoms with van der Waals surface area (Å²) >= 11 is 0. The summed E-state index contributed by atoms with van der Waals surface area (Å²) in [5, 5.41) is 3.33. The van der Waals surface area contributed by atoms with Crippen LogP contribution in [-0.2, 0) is 13.1 Å². The van der Waals surface area contributed by atoms with Gasteiger partial charge >= 0.3 is 0 Å². The molecule has 1 heterocycles. The van der Waals surface area contributed by atoms with Crippen LogP contribution in [0, 0.1) is 6.92 Å². The van der Waals surface area contributed by atoms with E-state index in [-0.39, 0.29) is 0 Å². The number of nitrogens with one attached hydrogen (secondary N) is 1. The highest BCUT2D eigenvalue weighted by Gasteiger charge is 2.05. The summed E-state index contributed by atoms with van der Waals surface area (Å²) in [6, 6.07) is 9.75. The molecule has 0 aliphatic rings. The Kier molecular flexibility index (Phi) is 4.47. The number of benzene rings is 1. The molecule has 0 aliphatic heterocycles. The van der Waals surface area contributed by atoms with Gasteiger partial charge in [0.1, 0.15) is 23.0 Å². The van der Waals surface area contributed by atoms with Crippen molar-refractivity contribution in [1.82, 2.24) is 5.32 Å². The minimum Gasteiger partial charge on any atom is -0.497 e. The van der Waals surface area contributed by atoms with E-state index < -0.39 is 0 Å². The van der Waals surface area contributed by atoms with Gasteiger partial charge in [-0.3, -0.25) is 0 Å². The van der Waals surface area contributed by atoms with Crippen molar-refractivity contribution in [3.8, 4) is 11.5 Å². The molecule has 0 amide bonds. The number of aryl methyl sites for hydroxylation is 1. The van der Waals surface area contributed by atoms with Gasteiger partial charge in [0, 0.05) is 18.2 Å². The lowest BCUT2D eigenvalue weighted by atomic mass is 10.2. The number of rotatable bonds is 6. The summed E-state index contributed by atoms with van der Waals surface area (Å²) in [7, 11) is 3.31. The third-order valence-electron chi connectivity index (χ3n) is 2.90. The molecule has 0 unspecified atom stereocenters. The van der Waals surface area contributed by atoms with Crippen LogP contribution in [0.2, 0.25) is 0 Å². The lowest BCUT2D eigenvalue weighted by Gasteiger charge is -2.10. The number of hydrogen-bond acceptors (Lipinski definition) is 4. The second kappa shape index (κ2) is 6.29. The fraction of sp³-hybridized carbons (Fsp3) is 0.333. The second-order valence-corrected chi connectivity index (χ2v) is 4.29. The molecule has 1 aromatic carbocycles. The topological polar surface area (TPSA) is 43.6 Å². The molecular weight excluding hydrogens is 242 g/mol. The molecule has 4 nitrogen and oxygen atoms in total. The summed E-state index contributed by atoms with van der Waals surface area (Å²) in [6.07, 6.45) is 0. The first-order valence-corrected chi connectivity index (χ1v) is 6.20. The van der Waals surface area contributed by atoms with Gasteiger partial charge in [0.05, 0.1) is 20.8 Å². The maximum Gasteiger partial charge on any atom is 0.127 e. The molecule has 0 bridgehead atoms. The van der Waals surface area contributed by atoms with Gasteiger partial charge in [-0.1, -0.05) is 6.07 Å². The van der Waals surface area contributed by atoms with Crippen molar-refractivity contribution in [1.29, 1.82) is 0 Å². The van der Waals surface area contributed by atoms with E-state index in [0.29, 0.717) is 13.1 Å². The third kappa shape index (κ3) is 3.51. The molecule has 1 N–H and O–H groups in total. The zero-order valence-corrected chi connectivity index (χ0v) is 11.5. The van der Waals surface area contributed by atoms with Crippen LogP contribution in [0.4, 0.5) is 0 Å². The molecule has 0 aliphatic carbocycles. The van der Waals surface area contributed by atoms with E-state index in [1.807, 2.05) is 37.3 Å². The van der Waals surface area contributed by atoms with E-state index in [4.69, 9.17) is 13.9 Å². The average Bonchev–Trinajstić information content (AvgIpc) is 2.84. The maximum atomic E-state index is 5.50. The van der Waals surface area contributed by atoms with E-state index >= 15 is 0 Å². The predicted molar refractivity (Wildman–Crippen MR) is 73.5 cm³/mol. The minimum absolute atomic E-state index is 0.697. The van der Waals surface area contributed by atoms with Gasteiger partial charge in [-0.15, -0.1) is 0 Å². The first-order chi connectivity index (χ1) is 9.22. The molecule has 1 aromatic heterocycles. The summed E-state index contributed by atoms with van der Waals surface area (Å²) in [5.41, 5.74) is 1.09. The summed E-state index contributed by atoms with van der Waals surface area (Å²) in [6.45, 7) is 3.35. The van der Waals surface area contributed by atoms with Gasteiger partial charge in [-0.05, 0) is 25.1 Å². The molecule has 0 radical (unpaired) electrons. The fourth-order valence-corrected chi connectivity index (χ4v) is 1.90. The van der Waals surface area contributed by atoms with Crippen molar-refractivity contribution in [3.05, 3.63) is 47.4 Å². The maximum absolute atomic E-state index is 5.50. The highest BCUT2D eigenvalue weighted by atomic mass is 16.5. The molecule has 2 aromatic rings. The van der Waals surface area contributed by atoms with E-state index in [2.05, 4.69) is 5.32 Å². The Hall–Kier alpha value is -1.94. The molecule has 0 spiro atoms. The Morgan fingerprint density at radius 2 is 1.89 bits per heavy atom. The largest absolute Gasteiger partial charge is 0.497 e. The fourth-order valence-electron chi connectivity index (χ4n) is 1.90. The number of furan rings is 1. The molecule has 0 atom stereocenters. The van der Waals surface area contributed by atoms with Crippen LogP contribution in [-0.4, -0.2) is 14.2 Å². The quantitative estimate of drug-likeness (QED) is 0.868. The van der Waals surface area contributed by atoms with E-state index in [9.17, 15) is 0 Å². The predicted octanol–water partition coefficient (Wildman–Crippen LogP) is 2.90. The average molecular weight is 261 g/mol. The lowest BCUT2D eigenvalue weighted by Crippen LogP contribution is -2.12. The van der Waals surface area contributed by atoms with Crippen molar-refractivity contribution in [3.63, 3.8) is 0 Å². The van der Waals surface area contributed by atoms with Crippen molar-refractivity contribution in [2.75, 3.05) is 14.2 Å². The Balaban J connectivity index is 1.95. The Labute approximate surface area is 113 Å². The van der Waals surface area contributed by atoms with Crippen LogP contribution in [0.15, 0.2) is 34.7 Å². The van der Waals surface area contributed by atoms with Crippen molar-refractivity contribution in [2.45, 2.75) is 20.0 Å². The number of hydrogen-bond donors (Lipinski definition) is 1. The van der Waals surface area contributed by atoms with E-state index in [1.165, 1.54) is 0 Å². The SMILES string of the molecule is COc1ccc(CNCc2ccc(C)o2)c(OC)c1. The van der Waals surface area contributed by atoms with Gasteiger partial charge in [-0.25, -0.2) is 0 Å². The summed E-state index contributed by atoms with van der Waals surface area (Å²) < 4.78 is 16.0. The van der Waals surface area contributed by atoms with Gasteiger partial charge < -0.3 is 19.2 Å². The molecule has 0 saturated carbocycles. The molecule has 2 rings (SSSR count). The molecular formula is C15H19NO3. The zero-order chi connectivity index (χ0) is 13.7. The van der Waals surface area contributed by atoms with Crippen LogP contribution < -0.4 is 14.8 Å².